The Balaban J connectivity index is 1.33. The SMILES string of the molecule is CCCCC1(CC2CCCCC2)NC(=N)N(Cc2ccc(CNC(=O)N(C)Cc3ccccc3)cc2)C1=O. The van der Waals surface area contributed by atoms with Gasteiger partial charge in [0, 0.05) is 20.1 Å². The van der Waals surface area contributed by atoms with Crippen molar-refractivity contribution in [1.29, 1.82) is 5.41 Å². The molecule has 2 aromatic carbocycles. The second-order valence-electron chi connectivity index (χ2n) is 11.1. The van der Waals surface area contributed by atoms with E-state index in [1.165, 1.54) is 32.1 Å². The highest BCUT2D eigenvalue weighted by Gasteiger charge is 2.49. The van der Waals surface area contributed by atoms with Gasteiger partial charge < -0.3 is 15.5 Å². The molecule has 0 bridgehead atoms. The zero-order valence-electron chi connectivity index (χ0n) is 23.0. The second kappa shape index (κ2) is 12.9. The summed E-state index contributed by atoms with van der Waals surface area (Å²) in [6.07, 6.45) is 9.82. The van der Waals surface area contributed by atoms with Gasteiger partial charge in [0.1, 0.15) is 5.54 Å². The predicted octanol–water partition coefficient (Wildman–Crippen LogP) is 5.79. The van der Waals surface area contributed by atoms with E-state index in [9.17, 15) is 9.59 Å². The molecule has 1 unspecified atom stereocenters. The summed E-state index contributed by atoms with van der Waals surface area (Å²) in [7, 11) is 1.79. The van der Waals surface area contributed by atoms with Crippen molar-refractivity contribution in [2.45, 2.75) is 89.9 Å². The zero-order chi connectivity index (χ0) is 27.0. The quantitative estimate of drug-likeness (QED) is 0.352. The molecule has 1 aliphatic heterocycles. The molecule has 0 radical (unpaired) electrons. The first kappa shape index (κ1) is 27.7. The minimum atomic E-state index is -0.634. The number of guanidine groups is 1. The van der Waals surface area contributed by atoms with Crippen LogP contribution >= 0.6 is 0 Å². The van der Waals surface area contributed by atoms with E-state index in [0.717, 1.165) is 42.4 Å². The van der Waals surface area contributed by atoms with E-state index in [1.54, 1.807) is 16.8 Å². The van der Waals surface area contributed by atoms with E-state index in [1.807, 2.05) is 54.6 Å². The normalized spacial score (nSPS) is 19.9. The minimum absolute atomic E-state index is 0.0549. The van der Waals surface area contributed by atoms with Gasteiger partial charge in [-0.2, -0.15) is 0 Å². The highest BCUT2D eigenvalue weighted by molar-refractivity contribution is 6.07. The zero-order valence-corrected chi connectivity index (χ0v) is 23.0. The lowest BCUT2D eigenvalue weighted by molar-refractivity contribution is -0.132. The standard InChI is InChI=1S/C31H43N5O2/c1-3-4-19-31(20-24-11-7-5-8-12-24)28(37)36(29(32)34-31)23-27-17-15-25(16-18-27)21-33-30(38)35(2)22-26-13-9-6-10-14-26/h6,9-10,13-18,24H,3-5,7-8,11-12,19-23H2,1-2H3,(H2,32,34)(H,33,38). The van der Waals surface area contributed by atoms with Gasteiger partial charge in [0.15, 0.2) is 5.96 Å². The molecule has 1 heterocycles. The van der Waals surface area contributed by atoms with Crippen molar-refractivity contribution in [2.24, 2.45) is 5.92 Å². The molecule has 1 atom stereocenters. The van der Waals surface area contributed by atoms with Crippen molar-refractivity contribution in [1.82, 2.24) is 20.4 Å². The summed E-state index contributed by atoms with van der Waals surface area (Å²) in [5.41, 5.74) is 2.42. The Hall–Kier alpha value is -3.35. The van der Waals surface area contributed by atoms with Crippen LogP contribution in [0.2, 0.25) is 0 Å². The number of amides is 3. The number of benzene rings is 2. The average Bonchev–Trinajstić information content (AvgIpc) is 3.16. The Morgan fingerprint density at radius 1 is 1.05 bits per heavy atom. The number of carbonyl (C=O) groups is 2. The number of hydrogen-bond acceptors (Lipinski definition) is 3. The van der Waals surface area contributed by atoms with Crippen LogP contribution in [0.3, 0.4) is 0 Å². The van der Waals surface area contributed by atoms with E-state index in [4.69, 9.17) is 5.41 Å². The third-order valence-corrected chi connectivity index (χ3v) is 8.02. The Morgan fingerprint density at radius 3 is 2.42 bits per heavy atom. The van der Waals surface area contributed by atoms with Crippen molar-refractivity contribution >= 4 is 17.9 Å². The van der Waals surface area contributed by atoms with E-state index < -0.39 is 5.54 Å². The van der Waals surface area contributed by atoms with Gasteiger partial charge in [-0.15, -0.1) is 0 Å². The summed E-state index contributed by atoms with van der Waals surface area (Å²) >= 11 is 0. The molecule has 3 amide bonds. The van der Waals surface area contributed by atoms with Crippen LogP contribution in [0, 0.1) is 11.3 Å². The molecule has 0 aromatic heterocycles. The van der Waals surface area contributed by atoms with Crippen LogP contribution in [0.15, 0.2) is 54.6 Å². The molecule has 3 N–H and O–H groups in total. The summed E-state index contributed by atoms with van der Waals surface area (Å²) in [5, 5.41) is 14.9. The molecule has 204 valence electrons. The van der Waals surface area contributed by atoms with Crippen LogP contribution in [0.5, 0.6) is 0 Å². The maximum Gasteiger partial charge on any atom is 0.317 e. The number of unbranched alkanes of at least 4 members (excludes halogenated alkanes) is 1. The summed E-state index contributed by atoms with van der Waals surface area (Å²) in [6, 6.07) is 17.7. The van der Waals surface area contributed by atoms with Gasteiger partial charge in [-0.1, -0.05) is 106 Å². The Bertz CT molecular complexity index is 1080. The Kier molecular flexibility index (Phi) is 9.43. The number of carbonyl (C=O) groups excluding carboxylic acids is 2. The van der Waals surface area contributed by atoms with Crippen LogP contribution in [0.4, 0.5) is 4.79 Å². The molecule has 1 saturated carbocycles. The fourth-order valence-corrected chi connectivity index (χ4v) is 5.82. The highest BCUT2D eigenvalue weighted by Crippen LogP contribution is 2.36. The predicted molar refractivity (Wildman–Crippen MR) is 151 cm³/mol. The summed E-state index contributed by atoms with van der Waals surface area (Å²) in [5.74, 6) is 0.838. The largest absolute Gasteiger partial charge is 0.342 e. The monoisotopic (exact) mass is 517 g/mol. The lowest BCUT2D eigenvalue weighted by Crippen LogP contribution is -2.48. The maximum atomic E-state index is 13.7. The smallest absolute Gasteiger partial charge is 0.317 e. The van der Waals surface area contributed by atoms with Gasteiger partial charge >= 0.3 is 6.03 Å². The second-order valence-corrected chi connectivity index (χ2v) is 11.1. The molecule has 1 aliphatic carbocycles. The summed E-state index contributed by atoms with van der Waals surface area (Å²) in [6.45, 7) is 3.52. The molecule has 7 nitrogen and oxygen atoms in total. The molecular weight excluding hydrogens is 474 g/mol. The number of nitrogens with one attached hydrogen (secondary N) is 3. The first-order valence-electron chi connectivity index (χ1n) is 14.2. The van der Waals surface area contributed by atoms with E-state index in [-0.39, 0.29) is 17.9 Å². The number of nitrogens with zero attached hydrogens (tertiary/aromatic N) is 2. The van der Waals surface area contributed by atoms with Crippen LogP contribution in [0.25, 0.3) is 0 Å². The van der Waals surface area contributed by atoms with Gasteiger partial charge in [-0.05, 0) is 35.4 Å². The van der Waals surface area contributed by atoms with Gasteiger partial charge in [0.2, 0.25) is 0 Å². The fraction of sp³-hybridized carbons (Fsp3) is 0.516. The van der Waals surface area contributed by atoms with Crippen molar-refractivity contribution in [3.63, 3.8) is 0 Å². The summed E-state index contributed by atoms with van der Waals surface area (Å²) in [4.78, 5) is 29.5. The molecule has 7 heteroatoms. The van der Waals surface area contributed by atoms with Gasteiger partial charge in [0.05, 0.1) is 6.54 Å². The molecule has 1 saturated heterocycles. The highest BCUT2D eigenvalue weighted by atomic mass is 16.2. The van der Waals surface area contributed by atoms with Gasteiger partial charge in [-0.3, -0.25) is 15.1 Å². The average molecular weight is 518 g/mol. The molecule has 2 aromatic rings. The lowest BCUT2D eigenvalue weighted by atomic mass is 9.77. The number of rotatable bonds is 11. The summed E-state index contributed by atoms with van der Waals surface area (Å²) < 4.78 is 0. The first-order valence-corrected chi connectivity index (χ1v) is 14.2. The minimum Gasteiger partial charge on any atom is -0.342 e. The Labute approximate surface area is 227 Å². The van der Waals surface area contributed by atoms with Crippen molar-refractivity contribution in [2.75, 3.05) is 7.05 Å². The molecule has 38 heavy (non-hydrogen) atoms. The number of hydrogen-bond donors (Lipinski definition) is 3. The van der Waals surface area contributed by atoms with Crippen LogP contribution in [0.1, 0.15) is 81.4 Å². The van der Waals surface area contributed by atoms with Crippen molar-refractivity contribution in [3.05, 3.63) is 71.3 Å². The third kappa shape index (κ3) is 6.94. The van der Waals surface area contributed by atoms with Gasteiger partial charge in [-0.25, -0.2) is 4.79 Å². The number of urea groups is 1. The van der Waals surface area contributed by atoms with E-state index in [0.29, 0.717) is 25.6 Å². The van der Waals surface area contributed by atoms with E-state index in [2.05, 4.69) is 17.6 Å². The van der Waals surface area contributed by atoms with Crippen LogP contribution < -0.4 is 10.6 Å². The van der Waals surface area contributed by atoms with Gasteiger partial charge in [0.25, 0.3) is 5.91 Å². The first-order chi connectivity index (χ1) is 18.4. The topological polar surface area (TPSA) is 88.5 Å². The molecule has 4 rings (SSSR count). The van der Waals surface area contributed by atoms with Crippen molar-refractivity contribution < 1.29 is 9.59 Å². The lowest BCUT2D eigenvalue weighted by Gasteiger charge is -2.33. The molecule has 0 spiro atoms. The van der Waals surface area contributed by atoms with E-state index >= 15 is 0 Å². The molecule has 2 aliphatic rings. The molecular formula is C31H43N5O2. The molecule has 2 fully saturated rings. The Morgan fingerprint density at radius 2 is 1.74 bits per heavy atom. The van der Waals surface area contributed by atoms with Crippen molar-refractivity contribution in [3.8, 4) is 0 Å². The third-order valence-electron chi connectivity index (χ3n) is 8.02. The van der Waals surface area contributed by atoms with Crippen LogP contribution in [-0.2, 0) is 24.4 Å². The fourth-order valence-electron chi connectivity index (χ4n) is 5.82. The maximum absolute atomic E-state index is 13.7. The van der Waals surface area contributed by atoms with Crippen LogP contribution in [-0.4, -0.2) is 40.3 Å².